The zero-order chi connectivity index (χ0) is 19.9. The van der Waals surface area contributed by atoms with Crippen molar-refractivity contribution in [1.82, 2.24) is 20.2 Å². The van der Waals surface area contributed by atoms with Crippen LogP contribution < -0.4 is 19.5 Å². The Balaban J connectivity index is 1.53. The number of methoxy groups -OCH3 is 2. The molecule has 0 spiro atoms. The SMILES string of the molecule is COc1ccc(CNC(=O)N2CCCC(Oc3ncc(Cl)cn3)C2)cc1OC. The molecule has 1 saturated heterocycles. The highest BCUT2D eigenvalue weighted by atomic mass is 35.5. The Morgan fingerprint density at radius 2 is 2.00 bits per heavy atom. The van der Waals surface area contributed by atoms with E-state index in [1.165, 1.54) is 12.4 Å². The highest BCUT2D eigenvalue weighted by Crippen LogP contribution is 2.27. The minimum absolute atomic E-state index is 0.139. The predicted molar refractivity (Wildman–Crippen MR) is 104 cm³/mol. The van der Waals surface area contributed by atoms with Crippen LogP contribution in [0.3, 0.4) is 0 Å². The number of hydrogen-bond acceptors (Lipinski definition) is 6. The van der Waals surface area contributed by atoms with Crippen LogP contribution in [0.2, 0.25) is 5.02 Å². The summed E-state index contributed by atoms with van der Waals surface area (Å²) in [6, 6.07) is 5.68. The molecule has 1 aromatic heterocycles. The lowest BCUT2D eigenvalue weighted by atomic mass is 10.1. The third kappa shape index (κ3) is 5.16. The highest BCUT2D eigenvalue weighted by Gasteiger charge is 2.25. The zero-order valence-electron chi connectivity index (χ0n) is 15.9. The van der Waals surface area contributed by atoms with Crippen LogP contribution in [0.15, 0.2) is 30.6 Å². The fourth-order valence-electron chi connectivity index (χ4n) is 3.01. The Morgan fingerprint density at radius 1 is 1.25 bits per heavy atom. The van der Waals surface area contributed by atoms with E-state index in [-0.39, 0.29) is 18.1 Å². The van der Waals surface area contributed by atoms with Gasteiger partial charge in [0.15, 0.2) is 11.5 Å². The molecule has 2 aromatic rings. The summed E-state index contributed by atoms with van der Waals surface area (Å²) in [6.45, 7) is 1.55. The number of aromatic nitrogens is 2. The number of amides is 2. The van der Waals surface area contributed by atoms with Crippen LogP contribution in [-0.2, 0) is 6.54 Å². The molecule has 1 atom stereocenters. The van der Waals surface area contributed by atoms with Crippen molar-refractivity contribution >= 4 is 17.6 Å². The summed E-state index contributed by atoms with van der Waals surface area (Å²) in [7, 11) is 3.17. The van der Waals surface area contributed by atoms with Crippen molar-refractivity contribution in [2.75, 3.05) is 27.3 Å². The van der Waals surface area contributed by atoms with Crippen molar-refractivity contribution in [3.63, 3.8) is 0 Å². The first-order valence-corrected chi connectivity index (χ1v) is 9.34. The fraction of sp³-hybridized carbons (Fsp3) is 0.421. The van der Waals surface area contributed by atoms with Gasteiger partial charge in [0.1, 0.15) is 6.10 Å². The van der Waals surface area contributed by atoms with Gasteiger partial charge in [0.2, 0.25) is 0 Å². The molecule has 0 aliphatic carbocycles. The Hall–Kier alpha value is -2.74. The molecule has 150 valence electrons. The van der Waals surface area contributed by atoms with E-state index in [0.717, 1.165) is 18.4 Å². The Morgan fingerprint density at radius 3 is 2.71 bits per heavy atom. The molecular weight excluding hydrogens is 384 g/mol. The normalized spacial score (nSPS) is 16.4. The van der Waals surface area contributed by atoms with Gasteiger partial charge >= 0.3 is 12.0 Å². The molecule has 28 heavy (non-hydrogen) atoms. The highest BCUT2D eigenvalue weighted by molar-refractivity contribution is 6.30. The van der Waals surface area contributed by atoms with E-state index in [1.54, 1.807) is 19.1 Å². The standard InChI is InChI=1S/C19H23ClN4O4/c1-26-16-6-5-13(8-17(16)27-2)9-23-19(25)24-7-3-4-15(12-24)28-18-21-10-14(20)11-22-18/h5-6,8,10-11,15H,3-4,7,9,12H2,1-2H3,(H,23,25). The Kier molecular flexibility index (Phi) is 6.76. The minimum atomic E-state index is -0.151. The number of piperidine rings is 1. The molecule has 1 unspecified atom stereocenters. The van der Waals surface area contributed by atoms with Crippen LogP contribution in [0.5, 0.6) is 17.5 Å². The van der Waals surface area contributed by atoms with E-state index < -0.39 is 0 Å². The van der Waals surface area contributed by atoms with Gasteiger partial charge in [-0.25, -0.2) is 14.8 Å². The van der Waals surface area contributed by atoms with Crippen molar-refractivity contribution in [2.45, 2.75) is 25.5 Å². The van der Waals surface area contributed by atoms with E-state index in [1.807, 2.05) is 18.2 Å². The lowest BCUT2D eigenvalue weighted by Gasteiger charge is -2.32. The number of carbonyl (C=O) groups is 1. The number of ether oxygens (including phenoxy) is 3. The molecule has 2 heterocycles. The van der Waals surface area contributed by atoms with Gasteiger partial charge in [-0.05, 0) is 30.5 Å². The lowest BCUT2D eigenvalue weighted by molar-refractivity contribution is 0.0938. The maximum atomic E-state index is 12.5. The fourth-order valence-corrected chi connectivity index (χ4v) is 3.11. The number of nitrogens with one attached hydrogen (secondary N) is 1. The van der Waals surface area contributed by atoms with Gasteiger partial charge in [-0.3, -0.25) is 0 Å². The number of carbonyl (C=O) groups excluding carboxylic acids is 1. The summed E-state index contributed by atoms with van der Waals surface area (Å²) in [5.74, 6) is 1.28. The molecule has 1 N–H and O–H groups in total. The second-order valence-electron chi connectivity index (χ2n) is 6.36. The number of rotatable bonds is 6. The van der Waals surface area contributed by atoms with Gasteiger partial charge in [0, 0.05) is 13.1 Å². The van der Waals surface area contributed by atoms with Crippen LogP contribution in [0.25, 0.3) is 0 Å². The quantitative estimate of drug-likeness (QED) is 0.793. The van der Waals surface area contributed by atoms with Gasteiger partial charge in [0.25, 0.3) is 0 Å². The molecule has 9 heteroatoms. The van der Waals surface area contributed by atoms with Crippen molar-refractivity contribution in [1.29, 1.82) is 0 Å². The van der Waals surface area contributed by atoms with Crippen molar-refractivity contribution < 1.29 is 19.0 Å². The number of halogens is 1. The molecule has 0 saturated carbocycles. The predicted octanol–water partition coefficient (Wildman–Crippen LogP) is 2.90. The van der Waals surface area contributed by atoms with Crippen molar-refractivity contribution in [2.24, 2.45) is 0 Å². The topological polar surface area (TPSA) is 85.8 Å². The van der Waals surface area contributed by atoms with Crippen LogP contribution in [0, 0.1) is 0 Å². The number of hydrogen-bond donors (Lipinski definition) is 1. The molecule has 0 radical (unpaired) electrons. The Bertz CT molecular complexity index is 803. The number of benzene rings is 1. The number of likely N-dealkylation sites (tertiary alicyclic amines) is 1. The molecule has 0 bridgehead atoms. The summed E-state index contributed by atoms with van der Waals surface area (Å²) in [5.41, 5.74) is 0.922. The average molecular weight is 407 g/mol. The van der Waals surface area contributed by atoms with E-state index in [9.17, 15) is 4.79 Å². The second-order valence-corrected chi connectivity index (χ2v) is 6.80. The summed E-state index contributed by atoms with van der Waals surface area (Å²) in [6.07, 6.45) is 4.51. The molecule has 8 nitrogen and oxygen atoms in total. The van der Waals surface area contributed by atoms with Crippen LogP contribution in [0.4, 0.5) is 4.79 Å². The van der Waals surface area contributed by atoms with E-state index in [0.29, 0.717) is 36.2 Å². The lowest BCUT2D eigenvalue weighted by Crippen LogP contribution is -2.48. The van der Waals surface area contributed by atoms with Gasteiger partial charge in [-0.1, -0.05) is 17.7 Å². The summed E-state index contributed by atoms with van der Waals surface area (Å²) in [4.78, 5) is 22.4. The average Bonchev–Trinajstić information content (AvgIpc) is 2.73. The van der Waals surface area contributed by atoms with Crippen molar-refractivity contribution in [3.05, 3.63) is 41.2 Å². The summed E-state index contributed by atoms with van der Waals surface area (Å²) < 4.78 is 16.3. The van der Waals surface area contributed by atoms with Gasteiger partial charge < -0.3 is 24.4 Å². The first kappa shape index (κ1) is 20.0. The van der Waals surface area contributed by atoms with Crippen LogP contribution in [0.1, 0.15) is 18.4 Å². The van der Waals surface area contributed by atoms with Gasteiger partial charge in [-0.2, -0.15) is 0 Å². The second kappa shape index (κ2) is 9.45. The summed E-state index contributed by atoms with van der Waals surface area (Å²) in [5, 5.41) is 3.39. The minimum Gasteiger partial charge on any atom is -0.493 e. The number of urea groups is 1. The smallest absolute Gasteiger partial charge is 0.317 e. The van der Waals surface area contributed by atoms with E-state index >= 15 is 0 Å². The van der Waals surface area contributed by atoms with Crippen molar-refractivity contribution in [3.8, 4) is 17.5 Å². The first-order chi connectivity index (χ1) is 13.6. The molecule has 2 amide bonds. The van der Waals surface area contributed by atoms with E-state index in [4.69, 9.17) is 25.8 Å². The molecular formula is C19H23ClN4O4. The zero-order valence-corrected chi connectivity index (χ0v) is 16.6. The molecule has 1 aliphatic rings. The first-order valence-electron chi connectivity index (χ1n) is 8.97. The molecule has 3 rings (SSSR count). The molecule has 1 aliphatic heterocycles. The summed E-state index contributed by atoms with van der Waals surface area (Å²) >= 11 is 5.78. The number of nitrogens with zero attached hydrogens (tertiary/aromatic N) is 3. The molecule has 1 aromatic carbocycles. The maximum absolute atomic E-state index is 12.5. The monoisotopic (exact) mass is 406 g/mol. The molecule has 1 fully saturated rings. The van der Waals surface area contributed by atoms with Gasteiger partial charge in [-0.15, -0.1) is 0 Å². The maximum Gasteiger partial charge on any atom is 0.317 e. The van der Waals surface area contributed by atoms with Crippen LogP contribution in [-0.4, -0.2) is 54.3 Å². The van der Waals surface area contributed by atoms with Gasteiger partial charge in [0.05, 0.1) is 38.2 Å². The Labute approximate surface area is 168 Å². The van der Waals surface area contributed by atoms with Crippen LogP contribution >= 0.6 is 11.6 Å². The largest absolute Gasteiger partial charge is 0.493 e. The third-order valence-electron chi connectivity index (χ3n) is 4.43. The third-order valence-corrected chi connectivity index (χ3v) is 4.62. The van der Waals surface area contributed by atoms with E-state index in [2.05, 4.69) is 15.3 Å².